The lowest BCUT2D eigenvalue weighted by atomic mass is 10.1. The lowest BCUT2D eigenvalue weighted by Crippen LogP contribution is -2.36. The van der Waals surface area contributed by atoms with Crippen LogP contribution in [0.1, 0.15) is 33.6 Å². The van der Waals surface area contributed by atoms with Gasteiger partial charge in [-0.1, -0.05) is 6.07 Å². The Morgan fingerprint density at radius 1 is 1.26 bits per heavy atom. The molecule has 162 valence electrons. The van der Waals surface area contributed by atoms with Gasteiger partial charge in [0.05, 0.1) is 11.3 Å². The van der Waals surface area contributed by atoms with Gasteiger partial charge in [0.1, 0.15) is 18.2 Å². The fourth-order valence-electron chi connectivity index (χ4n) is 3.77. The Hall–Kier alpha value is -3.39. The van der Waals surface area contributed by atoms with Gasteiger partial charge in [-0.3, -0.25) is 9.89 Å². The highest BCUT2D eigenvalue weighted by molar-refractivity contribution is 5.99. The van der Waals surface area contributed by atoms with Gasteiger partial charge in [0.15, 0.2) is 0 Å². The maximum absolute atomic E-state index is 12.9. The summed E-state index contributed by atoms with van der Waals surface area (Å²) in [6, 6.07) is 8.03. The summed E-state index contributed by atoms with van der Waals surface area (Å²) in [5.74, 6) is 0.848. The molecule has 0 aliphatic carbocycles. The average Bonchev–Trinajstić information content (AvgIpc) is 3.38. The van der Waals surface area contributed by atoms with Crippen LogP contribution in [0.15, 0.2) is 36.7 Å². The molecule has 0 saturated carbocycles. The Labute approximate surface area is 181 Å². The second kappa shape index (κ2) is 8.77. The number of carbonyl (C=O) groups excluding carboxylic acids is 1. The highest BCUT2D eigenvalue weighted by Gasteiger charge is 2.27. The Morgan fingerprint density at radius 2 is 2.10 bits per heavy atom. The minimum Gasteiger partial charge on any atom is -0.492 e. The van der Waals surface area contributed by atoms with Crippen molar-refractivity contribution in [2.45, 2.75) is 39.3 Å². The zero-order valence-electron chi connectivity index (χ0n) is 18.0. The summed E-state index contributed by atoms with van der Waals surface area (Å²) in [4.78, 5) is 17.1. The quantitative estimate of drug-likeness (QED) is 0.487. The minimum absolute atomic E-state index is 0.000397. The van der Waals surface area contributed by atoms with Gasteiger partial charge in [-0.25, -0.2) is 4.98 Å². The van der Waals surface area contributed by atoms with Gasteiger partial charge in [-0.05, 0) is 56.5 Å². The van der Waals surface area contributed by atoms with Crippen molar-refractivity contribution in [3.8, 4) is 16.9 Å². The van der Waals surface area contributed by atoms with Gasteiger partial charge in [-0.2, -0.15) is 5.10 Å². The number of nitrogen functional groups attached to an aromatic ring is 1. The van der Waals surface area contributed by atoms with E-state index in [1.807, 2.05) is 19.1 Å². The van der Waals surface area contributed by atoms with Gasteiger partial charge in [-0.15, -0.1) is 0 Å². The van der Waals surface area contributed by atoms with E-state index in [1.165, 1.54) is 11.1 Å². The van der Waals surface area contributed by atoms with Crippen LogP contribution in [0.2, 0.25) is 0 Å². The van der Waals surface area contributed by atoms with Crippen LogP contribution in [0, 0.1) is 20.8 Å². The molecule has 1 fully saturated rings. The van der Waals surface area contributed by atoms with Crippen LogP contribution in [-0.2, 0) is 0 Å². The highest BCUT2D eigenvalue weighted by Crippen LogP contribution is 2.24. The van der Waals surface area contributed by atoms with E-state index in [9.17, 15) is 4.79 Å². The standard InChI is InChI=1S/C23H28N6O2/c1-13-4-5-19(6-14(13)2)31-12-18-8-17(10-25-18)28-23(30)20-7-16(9-26-22(20)24)21-11-27-29-15(21)3/h4-7,9,11,17-18,25H,8,10,12H2,1-3H3,(H2,24,26)(H,27,29)(H,28,30)/t17-,18-/m0/s1. The van der Waals surface area contributed by atoms with Crippen molar-refractivity contribution < 1.29 is 9.53 Å². The third-order valence-corrected chi connectivity index (χ3v) is 5.79. The van der Waals surface area contributed by atoms with Crippen molar-refractivity contribution in [1.29, 1.82) is 0 Å². The molecule has 5 N–H and O–H groups in total. The smallest absolute Gasteiger partial charge is 0.255 e. The first kappa shape index (κ1) is 20.9. The van der Waals surface area contributed by atoms with E-state index in [0.29, 0.717) is 18.7 Å². The SMILES string of the molecule is Cc1ccc(OC[C@@H]2C[C@H](NC(=O)c3cc(-c4c[nH]nc4C)cnc3N)CN2)cc1C. The number of pyridine rings is 1. The van der Waals surface area contributed by atoms with Gasteiger partial charge in [0.2, 0.25) is 0 Å². The topological polar surface area (TPSA) is 118 Å². The molecule has 8 nitrogen and oxygen atoms in total. The molecular weight excluding hydrogens is 392 g/mol. The molecular formula is C23H28N6O2. The number of aromatic nitrogens is 3. The second-order valence-corrected chi connectivity index (χ2v) is 8.11. The molecule has 0 spiro atoms. The molecule has 8 heteroatoms. The molecule has 0 radical (unpaired) electrons. The van der Waals surface area contributed by atoms with E-state index in [2.05, 4.69) is 45.7 Å². The highest BCUT2D eigenvalue weighted by atomic mass is 16.5. The Bertz CT molecular complexity index is 1090. The number of aromatic amines is 1. The van der Waals surface area contributed by atoms with Crippen LogP contribution in [0.3, 0.4) is 0 Å². The molecule has 0 bridgehead atoms. The maximum Gasteiger partial charge on any atom is 0.255 e. The molecule has 2 aromatic heterocycles. The molecule has 1 amide bonds. The van der Waals surface area contributed by atoms with Crippen molar-refractivity contribution in [1.82, 2.24) is 25.8 Å². The summed E-state index contributed by atoms with van der Waals surface area (Å²) in [5, 5.41) is 13.4. The second-order valence-electron chi connectivity index (χ2n) is 8.11. The van der Waals surface area contributed by atoms with Crippen LogP contribution in [0.4, 0.5) is 5.82 Å². The Morgan fingerprint density at radius 3 is 2.84 bits per heavy atom. The Balaban J connectivity index is 1.35. The summed E-state index contributed by atoms with van der Waals surface area (Å²) in [6.45, 7) is 7.28. The van der Waals surface area contributed by atoms with E-state index < -0.39 is 0 Å². The maximum atomic E-state index is 12.9. The van der Waals surface area contributed by atoms with Crippen LogP contribution >= 0.6 is 0 Å². The predicted octanol–water partition coefficient (Wildman–Crippen LogP) is 2.52. The number of nitrogens with zero attached hydrogens (tertiary/aromatic N) is 2. The number of anilines is 1. The number of nitrogens with two attached hydrogens (primary N) is 1. The molecule has 3 aromatic rings. The largest absolute Gasteiger partial charge is 0.492 e. The predicted molar refractivity (Wildman–Crippen MR) is 120 cm³/mol. The number of hydrogen-bond acceptors (Lipinski definition) is 6. The molecule has 31 heavy (non-hydrogen) atoms. The van der Waals surface area contributed by atoms with Crippen molar-refractivity contribution in [2.24, 2.45) is 0 Å². The van der Waals surface area contributed by atoms with Crippen molar-refractivity contribution in [3.05, 3.63) is 59.0 Å². The summed E-state index contributed by atoms with van der Waals surface area (Å²) < 4.78 is 5.94. The number of ether oxygens (including phenoxy) is 1. The van der Waals surface area contributed by atoms with Crippen molar-refractivity contribution in [3.63, 3.8) is 0 Å². The van der Waals surface area contributed by atoms with E-state index in [-0.39, 0.29) is 23.8 Å². The monoisotopic (exact) mass is 420 g/mol. The Kier molecular flexibility index (Phi) is 5.90. The summed E-state index contributed by atoms with van der Waals surface area (Å²) in [6.07, 6.45) is 4.22. The molecule has 1 aromatic carbocycles. The fraction of sp³-hybridized carbons (Fsp3) is 0.348. The van der Waals surface area contributed by atoms with E-state index >= 15 is 0 Å². The molecule has 1 aliphatic heterocycles. The minimum atomic E-state index is -0.226. The molecule has 2 atom stereocenters. The average molecular weight is 421 g/mol. The van der Waals surface area contributed by atoms with E-state index in [1.54, 1.807) is 18.5 Å². The molecule has 1 saturated heterocycles. The van der Waals surface area contributed by atoms with Gasteiger partial charge in [0, 0.05) is 42.1 Å². The lowest BCUT2D eigenvalue weighted by molar-refractivity contribution is 0.0940. The van der Waals surface area contributed by atoms with Crippen LogP contribution < -0.4 is 21.1 Å². The number of rotatable bonds is 6. The lowest BCUT2D eigenvalue weighted by Gasteiger charge is -2.15. The van der Waals surface area contributed by atoms with Crippen LogP contribution in [0.5, 0.6) is 5.75 Å². The first-order valence-corrected chi connectivity index (χ1v) is 10.4. The zero-order chi connectivity index (χ0) is 22.0. The third kappa shape index (κ3) is 4.69. The number of benzene rings is 1. The first-order valence-electron chi connectivity index (χ1n) is 10.4. The number of hydrogen-bond donors (Lipinski definition) is 4. The van der Waals surface area contributed by atoms with Crippen LogP contribution in [-0.4, -0.2) is 46.3 Å². The first-order chi connectivity index (χ1) is 14.9. The number of amides is 1. The summed E-state index contributed by atoms with van der Waals surface area (Å²) in [5.41, 5.74) is 11.3. The number of H-pyrrole nitrogens is 1. The van der Waals surface area contributed by atoms with Crippen LogP contribution in [0.25, 0.3) is 11.1 Å². The molecule has 1 aliphatic rings. The number of aryl methyl sites for hydroxylation is 3. The van der Waals surface area contributed by atoms with Gasteiger partial charge < -0.3 is 21.1 Å². The third-order valence-electron chi connectivity index (χ3n) is 5.79. The fourth-order valence-corrected chi connectivity index (χ4v) is 3.77. The normalized spacial score (nSPS) is 18.2. The van der Waals surface area contributed by atoms with Crippen molar-refractivity contribution in [2.75, 3.05) is 18.9 Å². The van der Waals surface area contributed by atoms with E-state index in [4.69, 9.17) is 10.5 Å². The summed E-state index contributed by atoms with van der Waals surface area (Å²) in [7, 11) is 0. The van der Waals surface area contributed by atoms with Crippen molar-refractivity contribution >= 4 is 11.7 Å². The number of nitrogens with one attached hydrogen (secondary N) is 3. The van der Waals surface area contributed by atoms with Gasteiger partial charge >= 0.3 is 0 Å². The van der Waals surface area contributed by atoms with Gasteiger partial charge in [0.25, 0.3) is 5.91 Å². The zero-order valence-corrected chi connectivity index (χ0v) is 18.0. The number of carbonyl (C=O) groups is 1. The summed E-state index contributed by atoms with van der Waals surface area (Å²) >= 11 is 0. The van der Waals surface area contributed by atoms with E-state index in [0.717, 1.165) is 29.0 Å². The molecule has 0 unspecified atom stereocenters. The molecule has 4 rings (SSSR count). The molecule has 3 heterocycles.